The van der Waals surface area contributed by atoms with Gasteiger partial charge in [-0.2, -0.15) is 0 Å². The van der Waals surface area contributed by atoms with E-state index in [1.807, 2.05) is 37.3 Å². The van der Waals surface area contributed by atoms with Crippen molar-refractivity contribution in [1.29, 1.82) is 0 Å². The van der Waals surface area contributed by atoms with Crippen molar-refractivity contribution in [1.82, 2.24) is 5.32 Å². The second kappa shape index (κ2) is 6.64. The van der Waals surface area contributed by atoms with Gasteiger partial charge in [-0.15, -0.1) is 0 Å². The fourth-order valence-electron chi connectivity index (χ4n) is 2.33. The second-order valence-corrected chi connectivity index (χ2v) is 4.94. The lowest BCUT2D eigenvalue weighted by molar-refractivity contribution is 0.153. The highest BCUT2D eigenvalue weighted by Crippen LogP contribution is 2.25. The summed E-state index contributed by atoms with van der Waals surface area (Å²) in [6.07, 6.45) is 0.724. The summed E-state index contributed by atoms with van der Waals surface area (Å²) >= 11 is 0. The molecule has 0 radical (unpaired) electrons. The molecule has 2 aromatic rings. The van der Waals surface area contributed by atoms with Crippen molar-refractivity contribution in [3.8, 4) is 0 Å². The van der Waals surface area contributed by atoms with Gasteiger partial charge in [0.25, 0.3) is 0 Å². The summed E-state index contributed by atoms with van der Waals surface area (Å²) in [5, 5.41) is 13.2. The largest absolute Gasteiger partial charge is 0.394 e. The van der Waals surface area contributed by atoms with Crippen LogP contribution in [-0.4, -0.2) is 11.7 Å². The van der Waals surface area contributed by atoms with Crippen LogP contribution in [0.4, 0.5) is 4.39 Å². The smallest absolute Gasteiger partial charge is 0.123 e. The maximum Gasteiger partial charge on any atom is 0.123 e. The summed E-state index contributed by atoms with van der Waals surface area (Å²) in [5.74, 6) is -0.264. The Kier molecular flexibility index (Phi) is 4.88. The van der Waals surface area contributed by atoms with Gasteiger partial charge in [-0.05, 0) is 29.7 Å². The minimum Gasteiger partial charge on any atom is -0.394 e. The number of benzene rings is 2. The van der Waals surface area contributed by atoms with Crippen molar-refractivity contribution in [3.05, 3.63) is 71.5 Å². The maximum atomic E-state index is 13.1. The Morgan fingerprint density at radius 2 is 1.70 bits per heavy atom. The average molecular weight is 273 g/mol. The van der Waals surface area contributed by atoms with E-state index in [1.54, 1.807) is 12.1 Å². The van der Waals surface area contributed by atoms with Crippen LogP contribution >= 0.6 is 0 Å². The van der Waals surface area contributed by atoms with E-state index in [1.165, 1.54) is 12.1 Å². The Morgan fingerprint density at radius 1 is 1.05 bits per heavy atom. The number of rotatable bonds is 6. The standard InChI is InChI=1S/C17H20FNO/c1-2-17(13-20,15-8-10-16(18)11-9-15)19-12-14-6-4-3-5-7-14/h3-11,19-20H,2,12-13H2,1H3. The van der Waals surface area contributed by atoms with Crippen LogP contribution in [0.15, 0.2) is 54.6 Å². The van der Waals surface area contributed by atoms with Gasteiger partial charge in [-0.1, -0.05) is 49.4 Å². The molecule has 0 saturated carbocycles. The predicted molar refractivity (Wildman–Crippen MR) is 78.7 cm³/mol. The molecule has 2 rings (SSSR count). The molecular formula is C17H20FNO. The van der Waals surface area contributed by atoms with Crippen molar-refractivity contribution < 1.29 is 9.50 Å². The van der Waals surface area contributed by atoms with Crippen molar-refractivity contribution in [2.24, 2.45) is 0 Å². The number of hydrogen-bond donors (Lipinski definition) is 2. The van der Waals surface area contributed by atoms with Gasteiger partial charge in [-0.25, -0.2) is 4.39 Å². The number of aliphatic hydroxyl groups excluding tert-OH is 1. The minimum atomic E-state index is -0.538. The Balaban J connectivity index is 2.19. The van der Waals surface area contributed by atoms with Crippen LogP contribution in [0.25, 0.3) is 0 Å². The van der Waals surface area contributed by atoms with Crippen LogP contribution < -0.4 is 5.32 Å². The lowest BCUT2D eigenvalue weighted by Gasteiger charge is -2.33. The van der Waals surface area contributed by atoms with Crippen LogP contribution in [0.3, 0.4) is 0 Å². The molecule has 0 heterocycles. The molecule has 2 aromatic carbocycles. The highest BCUT2D eigenvalue weighted by Gasteiger charge is 2.28. The van der Waals surface area contributed by atoms with Gasteiger partial charge in [0.1, 0.15) is 5.82 Å². The summed E-state index contributed by atoms with van der Waals surface area (Å²) in [6, 6.07) is 16.3. The predicted octanol–water partition coefficient (Wildman–Crippen LogP) is 3.21. The Hall–Kier alpha value is -1.71. The zero-order valence-corrected chi connectivity index (χ0v) is 11.6. The molecule has 0 saturated heterocycles. The third-order valence-electron chi connectivity index (χ3n) is 3.74. The highest BCUT2D eigenvalue weighted by atomic mass is 19.1. The van der Waals surface area contributed by atoms with E-state index in [9.17, 15) is 9.50 Å². The molecule has 106 valence electrons. The Morgan fingerprint density at radius 3 is 2.25 bits per heavy atom. The average Bonchev–Trinajstić information content (AvgIpc) is 2.51. The van der Waals surface area contributed by atoms with Crippen LogP contribution in [0.5, 0.6) is 0 Å². The van der Waals surface area contributed by atoms with Crippen molar-refractivity contribution >= 4 is 0 Å². The van der Waals surface area contributed by atoms with Gasteiger partial charge in [0.05, 0.1) is 12.1 Å². The molecule has 20 heavy (non-hydrogen) atoms. The van der Waals surface area contributed by atoms with Crippen LogP contribution in [0.1, 0.15) is 24.5 Å². The van der Waals surface area contributed by atoms with Gasteiger partial charge in [-0.3, -0.25) is 0 Å². The van der Waals surface area contributed by atoms with Gasteiger partial charge < -0.3 is 10.4 Å². The normalized spacial score (nSPS) is 13.9. The quantitative estimate of drug-likeness (QED) is 0.847. The highest BCUT2D eigenvalue weighted by molar-refractivity contribution is 5.26. The summed E-state index contributed by atoms with van der Waals surface area (Å²) in [4.78, 5) is 0. The third kappa shape index (κ3) is 3.24. The molecule has 0 aliphatic rings. The molecular weight excluding hydrogens is 253 g/mol. The van der Waals surface area contributed by atoms with E-state index in [2.05, 4.69) is 5.32 Å². The number of halogens is 1. The number of aliphatic hydroxyl groups is 1. The minimum absolute atomic E-state index is 0.0258. The zero-order valence-electron chi connectivity index (χ0n) is 11.6. The lowest BCUT2D eigenvalue weighted by atomic mass is 9.87. The topological polar surface area (TPSA) is 32.3 Å². The summed E-state index contributed by atoms with van der Waals surface area (Å²) < 4.78 is 13.1. The van der Waals surface area contributed by atoms with E-state index >= 15 is 0 Å². The molecule has 0 fully saturated rings. The molecule has 0 aliphatic carbocycles. The molecule has 3 heteroatoms. The van der Waals surface area contributed by atoms with Gasteiger partial charge in [0.15, 0.2) is 0 Å². The first-order valence-electron chi connectivity index (χ1n) is 6.86. The molecule has 1 unspecified atom stereocenters. The molecule has 0 aliphatic heterocycles. The van der Waals surface area contributed by atoms with Crippen molar-refractivity contribution in [2.75, 3.05) is 6.61 Å². The number of hydrogen-bond acceptors (Lipinski definition) is 2. The number of nitrogens with one attached hydrogen (secondary N) is 1. The van der Waals surface area contributed by atoms with E-state index in [4.69, 9.17) is 0 Å². The van der Waals surface area contributed by atoms with Crippen molar-refractivity contribution in [2.45, 2.75) is 25.4 Å². The maximum absolute atomic E-state index is 13.1. The molecule has 2 nitrogen and oxygen atoms in total. The SMILES string of the molecule is CCC(CO)(NCc1ccccc1)c1ccc(F)cc1. The second-order valence-electron chi connectivity index (χ2n) is 4.94. The van der Waals surface area contributed by atoms with Gasteiger partial charge in [0.2, 0.25) is 0 Å². The van der Waals surface area contributed by atoms with Gasteiger partial charge in [0, 0.05) is 6.54 Å². The molecule has 0 spiro atoms. The molecule has 1 atom stereocenters. The monoisotopic (exact) mass is 273 g/mol. The first-order chi connectivity index (χ1) is 9.70. The first-order valence-corrected chi connectivity index (χ1v) is 6.86. The van der Waals surface area contributed by atoms with E-state index in [0.717, 1.165) is 17.5 Å². The van der Waals surface area contributed by atoms with E-state index in [-0.39, 0.29) is 12.4 Å². The molecule has 2 N–H and O–H groups in total. The summed E-state index contributed by atoms with van der Waals surface area (Å²) in [6.45, 7) is 2.64. The third-order valence-corrected chi connectivity index (χ3v) is 3.74. The van der Waals surface area contributed by atoms with Crippen LogP contribution in [-0.2, 0) is 12.1 Å². The van der Waals surface area contributed by atoms with Gasteiger partial charge >= 0.3 is 0 Å². The lowest BCUT2D eigenvalue weighted by Crippen LogP contribution is -2.44. The fraction of sp³-hybridized carbons (Fsp3) is 0.294. The van der Waals surface area contributed by atoms with Crippen LogP contribution in [0, 0.1) is 5.82 Å². The molecule has 0 amide bonds. The van der Waals surface area contributed by atoms with Crippen molar-refractivity contribution in [3.63, 3.8) is 0 Å². The van der Waals surface area contributed by atoms with E-state index in [0.29, 0.717) is 6.54 Å². The first kappa shape index (κ1) is 14.7. The zero-order chi connectivity index (χ0) is 14.4. The summed E-state index contributed by atoms with van der Waals surface area (Å²) in [7, 11) is 0. The molecule has 0 bridgehead atoms. The van der Waals surface area contributed by atoms with E-state index < -0.39 is 5.54 Å². The summed E-state index contributed by atoms with van der Waals surface area (Å²) in [5.41, 5.74) is 1.52. The Labute approximate surface area is 119 Å². The van der Waals surface area contributed by atoms with Crippen LogP contribution in [0.2, 0.25) is 0 Å². The molecule has 0 aromatic heterocycles. The Bertz CT molecular complexity index is 520. The fourth-order valence-corrected chi connectivity index (χ4v) is 2.33.